The molecule has 2 nitrogen and oxygen atoms in total. The van der Waals surface area contributed by atoms with Crippen molar-refractivity contribution in [3.8, 4) is 0 Å². The molecule has 5 heteroatoms. The molecule has 1 heterocycles. The third kappa shape index (κ3) is 2.76. The SMILES string of the molecule is CC(c1ccccn1)C(N)c1cc(F)c(F)c(F)c1. The molecule has 2 atom stereocenters. The molecule has 0 fully saturated rings. The van der Waals surface area contributed by atoms with E-state index in [1.54, 1.807) is 31.3 Å². The normalized spacial score (nSPS) is 14.2. The van der Waals surface area contributed by atoms with Crippen molar-refractivity contribution in [1.29, 1.82) is 0 Å². The van der Waals surface area contributed by atoms with Gasteiger partial charge >= 0.3 is 0 Å². The average molecular weight is 266 g/mol. The van der Waals surface area contributed by atoms with Crippen molar-refractivity contribution < 1.29 is 13.2 Å². The second-order valence-corrected chi connectivity index (χ2v) is 4.37. The Morgan fingerprint density at radius 2 is 1.74 bits per heavy atom. The number of pyridine rings is 1. The van der Waals surface area contributed by atoms with Crippen LogP contribution in [0.3, 0.4) is 0 Å². The molecule has 0 radical (unpaired) electrons. The topological polar surface area (TPSA) is 38.9 Å². The first-order chi connectivity index (χ1) is 9.00. The van der Waals surface area contributed by atoms with Gasteiger partial charge in [-0.2, -0.15) is 0 Å². The number of hydrogen-bond acceptors (Lipinski definition) is 2. The van der Waals surface area contributed by atoms with Crippen LogP contribution >= 0.6 is 0 Å². The first kappa shape index (κ1) is 13.5. The van der Waals surface area contributed by atoms with E-state index in [1.165, 1.54) is 0 Å². The van der Waals surface area contributed by atoms with Crippen LogP contribution in [0.5, 0.6) is 0 Å². The highest BCUT2D eigenvalue weighted by Gasteiger charge is 2.21. The highest BCUT2D eigenvalue weighted by atomic mass is 19.2. The van der Waals surface area contributed by atoms with Gasteiger partial charge in [-0.3, -0.25) is 4.98 Å². The Labute approximate surface area is 109 Å². The molecule has 0 saturated heterocycles. The number of hydrogen-bond donors (Lipinski definition) is 1. The first-order valence-corrected chi connectivity index (χ1v) is 5.81. The third-order valence-electron chi connectivity index (χ3n) is 3.08. The van der Waals surface area contributed by atoms with Crippen LogP contribution in [0.1, 0.15) is 30.1 Å². The van der Waals surface area contributed by atoms with Crippen molar-refractivity contribution in [2.24, 2.45) is 5.73 Å². The van der Waals surface area contributed by atoms with Crippen molar-refractivity contribution in [1.82, 2.24) is 4.98 Å². The molecular weight excluding hydrogens is 253 g/mol. The van der Waals surface area contributed by atoms with Gasteiger partial charge in [0.25, 0.3) is 0 Å². The number of aromatic nitrogens is 1. The van der Waals surface area contributed by atoms with Crippen LogP contribution in [0.25, 0.3) is 0 Å². The highest BCUT2D eigenvalue weighted by Crippen LogP contribution is 2.28. The van der Waals surface area contributed by atoms with E-state index in [1.807, 2.05) is 0 Å². The maximum atomic E-state index is 13.2. The molecule has 0 aliphatic carbocycles. The van der Waals surface area contributed by atoms with Crippen LogP contribution in [-0.4, -0.2) is 4.98 Å². The summed E-state index contributed by atoms with van der Waals surface area (Å²) in [5, 5.41) is 0. The molecule has 2 unspecified atom stereocenters. The summed E-state index contributed by atoms with van der Waals surface area (Å²) in [7, 11) is 0. The number of halogens is 3. The summed E-state index contributed by atoms with van der Waals surface area (Å²) in [5.74, 6) is -4.20. The molecule has 0 saturated carbocycles. The number of rotatable bonds is 3. The molecule has 0 spiro atoms. The summed E-state index contributed by atoms with van der Waals surface area (Å²) < 4.78 is 39.3. The number of benzene rings is 1. The lowest BCUT2D eigenvalue weighted by molar-refractivity contribution is 0.441. The summed E-state index contributed by atoms with van der Waals surface area (Å²) >= 11 is 0. The summed E-state index contributed by atoms with van der Waals surface area (Å²) in [5.41, 5.74) is 6.87. The van der Waals surface area contributed by atoms with Gasteiger partial charge in [0.2, 0.25) is 0 Å². The Morgan fingerprint density at radius 1 is 1.11 bits per heavy atom. The van der Waals surface area contributed by atoms with Crippen LogP contribution in [-0.2, 0) is 0 Å². The number of nitrogens with two attached hydrogens (primary N) is 1. The van der Waals surface area contributed by atoms with Gasteiger partial charge in [-0.25, -0.2) is 13.2 Å². The van der Waals surface area contributed by atoms with Gasteiger partial charge in [0, 0.05) is 23.9 Å². The van der Waals surface area contributed by atoms with E-state index in [-0.39, 0.29) is 11.5 Å². The minimum Gasteiger partial charge on any atom is -0.323 e. The first-order valence-electron chi connectivity index (χ1n) is 5.81. The molecule has 1 aromatic carbocycles. The molecule has 0 amide bonds. The molecule has 100 valence electrons. The van der Waals surface area contributed by atoms with Gasteiger partial charge in [0.05, 0.1) is 0 Å². The second-order valence-electron chi connectivity index (χ2n) is 4.37. The number of nitrogens with zero attached hydrogens (tertiary/aromatic N) is 1. The van der Waals surface area contributed by atoms with E-state index in [0.717, 1.165) is 12.1 Å². The highest BCUT2D eigenvalue weighted by molar-refractivity contribution is 5.26. The van der Waals surface area contributed by atoms with Crippen molar-refractivity contribution in [2.75, 3.05) is 0 Å². The van der Waals surface area contributed by atoms with Gasteiger partial charge in [-0.15, -0.1) is 0 Å². The zero-order chi connectivity index (χ0) is 14.0. The lowest BCUT2D eigenvalue weighted by Crippen LogP contribution is -2.19. The smallest absolute Gasteiger partial charge is 0.194 e. The Kier molecular flexibility index (Phi) is 3.85. The summed E-state index contributed by atoms with van der Waals surface area (Å²) in [6.07, 6.45) is 1.62. The zero-order valence-corrected chi connectivity index (χ0v) is 10.3. The molecule has 2 aromatic rings. The van der Waals surface area contributed by atoms with E-state index in [4.69, 9.17) is 5.73 Å². The third-order valence-corrected chi connectivity index (χ3v) is 3.08. The second kappa shape index (κ2) is 5.40. The Bertz CT molecular complexity index is 549. The average Bonchev–Trinajstić information content (AvgIpc) is 2.43. The van der Waals surface area contributed by atoms with Crippen molar-refractivity contribution in [3.63, 3.8) is 0 Å². The monoisotopic (exact) mass is 266 g/mol. The largest absolute Gasteiger partial charge is 0.323 e. The maximum Gasteiger partial charge on any atom is 0.194 e. The Hall–Kier alpha value is -1.88. The van der Waals surface area contributed by atoms with Crippen molar-refractivity contribution >= 4 is 0 Å². The molecule has 0 bridgehead atoms. The van der Waals surface area contributed by atoms with Gasteiger partial charge in [0.15, 0.2) is 17.5 Å². The van der Waals surface area contributed by atoms with E-state index in [0.29, 0.717) is 5.69 Å². The summed E-state index contributed by atoms with van der Waals surface area (Å²) in [6, 6.07) is 6.52. The Morgan fingerprint density at radius 3 is 2.26 bits per heavy atom. The van der Waals surface area contributed by atoms with Gasteiger partial charge < -0.3 is 5.73 Å². The summed E-state index contributed by atoms with van der Waals surface area (Å²) in [4.78, 5) is 4.15. The standard InChI is InChI=1S/C14H13F3N2/c1-8(12-4-2-3-5-19-12)14(18)9-6-10(15)13(17)11(16)7-9/h2-8,14H,18H2,1H3. The Balaban J connectivity index is 2.32. The van der Waals surface area contributed by atoms with E-state index < -0.39 is 23.5 Å². The van der Waals surface area contributed by atoms with Crippen molar-refractivity contribution in [3.05, 3.63) is 65.2 Å². The molecule has 2 rings (SSSR count). The lowest BCUT2D eigenvalue weighted by atomic mass is 9.92. The maximum absolute atomic E-state index is 13.2. The predicted octanol–water partition coefficient (Wildman–Crippen LogP) is 3.30. The van der Waals surface area contributed by atoms with E-state index >= 15 is 0 Å². The van der Waals surface area contributed by atoms with Crippen LogP contribution in [0.15, 0.2) is 36.5 Å². The lowest BCUT2D eigenvalue weighted by Gasteiger charge is -2.20. The van der Waals surface area contributed by atoms with Gasteiger partial charge in [0.1, 0.15) is 0 Å². The van der Waals surface area contributed by atoms with Crippen molar-refractivity contribution in [2.45, 2.75) is 18.9 Å². The van der Waals surface area contributed by atoms with Gasteiger partial charge in [-0.1, -0.05) is 13.0 Å². The molecule has 0 aliphatic rings. The molecule has 2 N–H and O–H groups in total. The zero-order valence-electron chi connectivity index (χ0n) is 10.3. The predicted molar refractivity (Wildman–Crippen MR) is 65.9 cm³/mol. The fourth-order valence-corrected chi connectivity index (χ4v) is 1.89. The summed E-state index contributed by atoms with van der Waals surface area (Å²) in [6.45, 7) is 1.80. The molecule has 1 aromatic heterocycles. The van der Waals surface area contributed by atoms with Crippen LogP contribution in [0.2, 0.25) is 0 Å². The van der Waals surface area contributed by atoms with E-state index in [9.17, 15) is 13.2 Å². The molecule has 19 heavy (non-hydrogen) atoms. The van der Waals surface area contributed by atoms with Crippen LogP contribution < -0.4 is 5.73 Å². The van der Waals surface area contributed by atoms with E-state index in [2.05, 4.69) is 4.98 Å². The molecular formula is C14H13F3N2. The van der Waals surface area contributed by atoms with Gasteiger partial charge in [-0.05, 0) is 29.8 Å². The fourth-order valence-electron chi connectivity index (χ4n) is 1.89. The van der Waals surface area contributed by atoms with Crippen LogP contribution in [0, 0.1) is 17.5 Å². The quantitative estimate of drug-likeness (QED) is 0.866. The minimum absolute atomic E-state index is 0.203. The van der Waals surface area contributed by atoms with Crippen LogP contribution in [0.4, 0.5) is 13.2 Å². The molecule has 0 aliphatic heterocycles. The minimum atomic E-state index is -1.48. The fraction of sp³-hybridized carbons (Fsp3) is 0.214.